The lowest BCUT2D eigenvalue weighted by molar-refractivity contribution is 0.102. The smallest absolute Gasteiger partial charge is 0.255 e. The van der Waals surface area contributed by atoms with Gasteiger partial charge in [-0.25, -0.2) is 0 Å². The quantitative estimate of drug-likeness (QED) is 0.718. The average Bonchev–Trinajstić information content (AvgIpc) is 3.29. The van der Waals surface area contributed by atoms with Gasteiger partial charge in [0.15, 0.2) is 0 Å². The van der Waals surface area contributed by atoms with Gasteiger partial charge in [-0.3, -0.25) is 9.36 Å². The topological polar surface area (TPSA) is 75.5 Å². The maximum atomic E-state index is 12.8. The van der Waals surface area contributed by atoms with Gasteiger partial charge in [0, 0.05) is 37.4 Å². The van der Waals surface area contributed by atoms with E-state index in [1.807, 2.05) is 36.4 Å². The summed E-state index contributed by atoms with van der Waals surface area (Å²) < 4.78 is 7.16. The first-order valence-corrected chi connectivity index (χ1v) is 9.52. The Morgan fingerprint density at radius 2 is 1.62 bits per heavy atom. The van der Waals surface area contributed by atoms with E-state index in [9.17, 15) is 4.79 Å². The fourth-order valence-corrected chi connectivity index (χ4v) is 3.37. The maximum absolute atomic E-state index is 12.8. The molecule has 1 aliphatic heterocycles. The number of hydrogen-bond donors (Lipinski definition) is 1. The highest BCUT2D eigenvalue weighted by atomic mass is 16.5. The van der Waals surface area contributed by atoms with E-state index in [4.69, 9.17) is 4.74 Å². The number of anilines is 2. The fraction of sp³-hybridized carbons (Fsp3) is 0.286. The monoisotopic (exact) mass is 392 g/mol. The van der Waals surface area contributed by atoms with Crippen LogP contribution in [-0.4, -0.2) is 65.9 Å². The highest BCUT2D eigenvalue weighted by molar-refractivity contribution is 6.05. The van der Waals surface area contributed by atoms with Crippen molar-refractivity contribution >= 4 is 17.3 Å². The first-order valence-electron chi connectivity index (χ1n) is 9.52. The molecule has 0 spiro atoms. The molecule has 0 aliphatic carbocycles. The third-order valence-electron chi connectivity index (χ3n) is 5.15. The van der Waals surface area contributed by atoms with E-state index >= 15 is 0 Å². The van der Waals surface area contributed by atoms with E-state index in [1.165, 1.54) is 0 Å². The van der Waals surface area contributed by atoms with E-state index < -0.39 is 0 Å². The van der Waals surface area contributed by atoms with Gasteiger partial charge < -0.3 is 19.9 Å². The van der Waals surface area contributed by atoms with Crippen LogP contribution in [0.15, 0.2) is 55.1 Å². The third-order valence-corrected chi connectivity index (χ3v) is 5.15. The van der Waals surface area contributed by atoms with Gasteiger partial charge in [-0.1, -0.05) is 0 Å². The zero-order valence-electron chi connectivity index (χ0n) is 16.6. The van der Waals surface area contributed by atoms with Crippen molar-refractivity contribution < 1.29 is 9.53 Å². The summed E-state index contributed by atoms with van der Waals surface area (Å²) in [5.74, 6) is 0.401. The summed E-state index contributed by atoms with van der Waals surface area (Å²) >= 11 is 0. The van der Waals surface area contributed by atoms with Crippen molar-refractivity contribution in [1.82, 2.24) is 19.7 Å². The zero-order valence-corrected chi connectivity index (χ0v) is 16.6. The predicted octanol–water partition coefficient (Wildman–Crippen LogP) is 2.28. The molecule has 8 nitrogen and oxygen atoms in total. The number of methoxy groups -OCH3 is 1. The van der Waals surface area contributed by atoms with Crippen molar-refractivity contribution in [1.29, 1.82) is 0 Å². The number of hydrogen-bond acceptors (Lipinski definition) is 6. The highest BCUT2D eigenvalue weighted by Crippen LogP contribution is 2.28. The zero-order chi connectivity index (χ0) is 20.2. The standard InChI is InChI=1S/C21H24N6O2/c1-25-9-11-26(12-10-25)17-5-3-16(4-6-17)21(28)24-19-13-18(7-8-20(19)29-2)27-14-22-23-15-27/h3-8,13-15H,9-12H2,1-2H3,(H,24,28). The van der Waals surface area contributed by atoms with Gasteiger partial charge in [-0.2, -0.15) is 0 Å². The van der Waals surface area contributed by atoms with Gasteiger partial charge in [-0.15, -0.1) is 10.2 Å². The Labute approximate surface area is 169 Å². The van der Waals surface area contributed by atoms with Gasteiger partial charge in [0.1, 0.15) is 18.4 Å². The molecule has 0 atom stereocenters. The Balaban J connectivity index is 1.49. The minimum atomic E-state index is -0.186. The Morgan fingerprint density at radius 3 is 2.28 bits per heavy atom. The van der Waals surface area contributed by atoms with Crippen molar-refractivity contribution in [2.45, 2.75) is 0 Å². The molecule has 3 aromatic rings. The van der Waals surface area contributed by atoms with Crippen LogP contribution in [-0.2, 0) is 0 Å². The second-order valence-corrected chi connectivity index (χ2v) is 7.05. The van der Waals surface area contributed by atoms with Crippen LogP contribution in [0.2, 0.25) is 0 Å². The predicted molar refractivity (Wildman–Crippen MR) is 112 cm³/mol. The molecule has 0 bridgehead atoms. The van der Waals surface area contributed by atoms with Crippen LogP contribution in [0.3, 0.4) is 0 Å². The molecular weight excluding hydrogens is 368 g/mol. The number of carbonyl (C=O) groups is 1. The summed E-state index contributed by atoms with van der Waals surface area (Å²) in [5.41, 5.74) is 3.16. The van der Waals surface area contributed by atoms with E-state index in [-0.39, 0.29) is 5.91 Å². The third kappa shape index (κ3) is 4.22. The lowest BCUT2D eigenvalue weighted by Crippen LogP contribution is -2.44. The molecule has 4 rings (SSSR count). The molecule has 150 valence electrons. The van der Waals surface area contributed by atoms with Crippen molar-refractivity contribution in [2.75, 3.05) is 50.6 Å². The molecule has 0 radical (unpaired) electrons. The minimum absolute atomic E-state index is 0.186. The summed E-state index contributed by atoms with van der Waals surface area (Å²) in [5, 5.41) is 10.6. The van der Waals surface area contributed by atoms with Gasteiger partial charge >= 0.3 is 0 Å². The second-order valence-electron chi connectivity index (χ2n) is 7.05. The number of nitrogens with zero attached hydrogens (tertiary/aromatic N) is 5. The van der Waals surface area contributed by atoms with Crippen molar-refractivity contribution in [2.24, 2.45) is 0 Å². The van der Waals surface area contributed by atoms with Crippen LogP contribution >= 0.6 is 0 Å². The molecule has 29 heavy (non-hydrogen) atoms. The first kappa shape index (κ1) is 18.9. The number of carbonyl (C=O) groups excluding carboxylic acids is 1. The Hall–Kier alpha value is -3.39. The number of amides is 1. The normalized spacial score (nSPS) is 14.6. The van der Waals surface area contributed by atoms with Crippen LogP contribution in [0.4, 0.5) is 11.4 Å². The molecule has 2 heterocycles. The van der Waals surface area contributed by atoms with Crippen molar-refractivity contribution in [3.05, 3.63) is 60.7 Å². The molecule has 0 unspecified atom stereocenters. The average molecular weight is 392 g/mol. The van der Waals surface area contributed by atoms with E-state index in [2.05, 4.69) is 32.4 Å². The molecule has 1 saturated heterocycles. The molecule has 0 saturated carbocycles. The maximum Gasteiger partial charge on any atom is 0.255 e. The fourth-order valence-electron chi connectivity index (χ4n) is 3.37. The van der Waals surface area contributed by atoms with Crippen LogP contribution < -0.4 is 15.0 Å². The van der Waals surface area contributed by atoms with E-state index in [0.717, 1.165) is 37.6 Å². The summed E-state index contributed by atoms with van der Waals surface area (Å²) in [6, 6.07) is 13.2. The van der Waals surface area contributed by atoms with Gasteiger partial charge in [0.05, 0.1) is 18.5 Å². The van der Waals surface area contributed by atoms with Gasteiger partial charge in [0.25, 0.3) is 5.91 Å². The van der Waals surface area contributed by atoms with E-state index in [0.29, 0.717) is 17.0 Å². The van der Waals surface area contributed by atoms with Gasteiger partial charge in [0.2, 0.25) is 0 Å². The number of aromatic nitrogens is 3. The molecule has 8 heteroatoms. The SMILES string of the molecule is COc1ccc(-n2cnnc2)cc1NC(=O)c1ccc(N2CCN(C)CC2)cc1. The largest absolute Gasteiger partial charge is 0.495 e. The molecule has 1 N–H and O–H groups in total. The number of likely N-dealkylation sites (N-methyl/N-ethyl adjacent to an activating group) is 1. The molecule has 1 aliphatic rings. The lowest BCUT2D eigenvalue weighted by atomic mass is 10.1. The van der Waals surface area contributed by atoms with Gasteiger partial charge in [-0.05, 0) is 49.5 Å². The Morgan fingerprint density at radius 1 is 0.966 bits per heavy atom. The Bertz CT molecular complexity index is 963. The number of nitrogens with one attached hydrogen (secondary N) is 1. The summed E-state index contributed by atoms with van der Waals surface area (Å²) in [4.78, 5) is 17.5. The number of benzene rings is 2. The van der Waals surface area contributed by atoms with Crippen LogP contribution in [0.5, 0.6) is 5.75 Å². The number of piperazine rings is 1. The molecule has 1 amide bonds. The second kappa shape index (κ2) is 8.32. The summed E-state index contributed by atoms with van der Waals surface area (Å²) in [6.45, 7) is 4.08. The summed E-state index contributed by atoms with van der Waals surface area (Å²) in [7, 11) is 3.71. The molecule has 2 aromatic carbocycles. The van der Waals surface area contributed by atoms with Crippen LogP contribution in [0, 0.1) is 0 Å². The molecule has 1 aromatic heterocycles. The number of rotatable bonds is 5. The van der Waals surface area contributed by atoms with Crippen molar-refractivity contribution in [3.8, 4) is 11.4 Å². The summed E-state index contributed by atoms with van der Waals surface area (Å²) in [6.07, 6.45) is 3.20. The lowest BCUT2D eigenvalue weighted by Gasteiger charge is -2.34. The van der Waals surface area contributed by atoms with Crippen LogP contribution in [0.25, 0.3) is 5.69 Å². The molecule has 1 fully saturated rings. The minimum Gasteiger partial charge on any atom is -0.495 e. The van der Waals surface area contributed by atoms with E-state index in [1.54, 1.807) is 30.4 Å². The van der Waals surface area contributed by atoms with Crippen molar-refractivity contribution in [3.63, 3.8) is 0 Å². The number of ether oxygens (including phenoxy) is 1. The molecular formula is C21H24N6O2. The Kier molecular flexibility index (Phi) is 5.44. The highest BCUT2D eigenvalue weighted by Gasteiger charge is 2.16. The first-order chi connectivity index (χ1) is 14.1. The van der Waals surface area contributed by atoms with Crippen LogP contribution in [0.1, 0.15) is 10.4 Å².